The van der Waals surface area contributed by atoms with E-state index in [1.807, 2.05) is 13.1 Å². The van der Waals surface area contributed by atoms with E-state index in [0.717, 1.165) is 30.9 Å². The molecule has 0 aliphatic heterocycles. The lowest BCUT2D eigenvalue weighted by Gasteiger charge is -2.22. The first kappa shape index (κ1) is 20.4. The number of aromatic nitrogens is 2. The van der Waals surface area contributed by atoms with Crippen LogP contribution in [0.4, 0.5) is 4.39 Å². The van der Waals surface area contributed by atoms with Gasteiger partial charge in [0.2, 0.25) is 0 Å². The summed E-state index contributed by atoms with van der Waals surface area (Å²) >= 11 is 0. The standard InChI is InChI=1S/C17H24FN5.HI/c1-4-5-9-22(3)17(19-2)21-12-14-6-7-16(15(18)11-14)23-10-8-20-13-23;/h6-8,10-11,13H,4-5,9,12H2,1-3H3,(H,19,21);1H. The molecule has 0 bridgehead atoms. The number of guanidine groups is 1. The minimum absolute atomic E-state index is 0. The van der Waals surface area contributed by atoms with Crippen LogP contribution in [0.25, 0.3) is 5.69 Å². The number of unbranched alkanes of at least 4 members (excludes halogenated alkanes) is 1. The van der Waals surface area contributed by atoms with Crippen molar-refractivity contribution in [2.45, 2.75) is 26.3 Å². The van der Waals surface area contributed by atoms with Gasteiger partial charge in [-0.1, -0.05) is 19.4 Å². The van der Waals surface area contributed by atoms with Gasteiger partial charge in [0, 0.05) is 39.6 Å². The fourth-order valence-corrected chi connectivity index (χ4v) is 2.34. The molecule has 0 unspecified atom stereocenters. The molecule has 1 heterocycles. The molecule has 0 saturated carbocycles. The molecule has 7 heteroatoms. The Morgan fingerprint density at radius 2 is 2.21 bits per heavy atom. The number of benzene rings is 1. The van der Waals surface area contributed by atoms with Crippen molar-refractivity contribution in [1.29, 1.82) is 0 Å². The van der Waals surface area contributed by atoms with Crippen LogP contribution in [-0.2, 0) is 6.54 Å². The molecule has 0 atom stereocenters. The van der Waals surface area contributed by atoms with E-state index in [2.05, 4.69) is 27.1 Å². The van der Waals surface area contributed by atoms with Crippen LogP contribution >= 0.6 is 24.0 Å². The van der Waals surface area contributed by atoms with Crippen LogP contribution in [0.15, 0.2) is 41.9 Å². The van der Waals surface area contributed by atoms with E-state index in [9.17, 15) is 4.39 Å². The maximum atomic E-state index is 14.2. The topological polar surface area (TPSA) is 45.5 Å². The van der Waals surface area contributed by atoms with Crippen LogP contribution in [0.3, 0.4) is 0 Å². The third kappa shape index (κ3) is 5.47. The van der Waals surface area contributed by atoms with E-state index in [1.54, 1.807) is 42.5 Å². The Morgan fingerprint density at radius 1 is 1.42 bits per heavy atom. The highest BCUT2D eigenvalue weighted by Gasteiger charge is 2.08. The van der Waals surface area contributed by atoms with Crippen LogP contribution in [0.1, 0.15) is 25.3 Å². The average Bonchev–Trinajstić information content (AvgIpc) is 3.07. The molecule has 2 aromatic rings. The molecule has 0 saturated heterocycles. The Kier molecular flexibility index (Phi) is 8.73. The summed E-state index contributed by atoms with van der Waals surface area (Å²) in [6, 6.07) is 5.21. The lowest BCUT2D eigenvalue weighted by molar-refractivity contribution is 0.464. The van der Waals surface area contributed by atoms with Crippen molar-refractivity contribution in [3.8, 4) is 5.69 Å². The van der Waals surface area contributed by atoms with Gasteiger partial charge in [0.1, 0.15) is 5.82 Å². The predicted molar refractivity (Wildman–Crippen MR) is 107 cm³/mol. The van der Waals surface area contributed by atoms with Crippen molar-refractivity contribution in [1.82, 2.24) is 19.8 Å². The van der Waals surface area contributed by atoms with Gasteiger partial charge in [0.15, 0.2) is 5.96 Å². The number of halogens is 2. The van der Waals surface area contributed by atoms with Gasteiger partial charge in [0.05, 0.1) is 12.0 Å². The molecular formula is C17H25FIN5. The second-order valence-electron chi connectivity index (χ2n) is 5.43. The molecule has 0 amide bonds. The molecule has 1 N–H and O–H groups in total. The van der Waals surface area contributed by atoms with Crippen LogP contribution in [-0.4, -0.2) is 41.1 Å². The fourth-order valence-electron chi connectivity index (χ4n) is 2.34. The normalized spacial score (nSPS) is 11.1. The van der Waals surface area contributed by atoms with Gasteiger partial charge in [-0.05, 0) is 24.1 Å². The summed E-state index contributed by atoms with van der Waals surface area (Å²) < 4.78 is 15.9. The summed E-state index contributed by atoms with van der Waals surface area (Å²) in [6.07, 6.45) is 7.19. The summed E-state index contributed by atoms with van der Waals surface area (Å²) in [5.74, 6) is 0.550. The van der Waals surface area contributed by atoms with Crippen molar-refractivity contribution in [2.24, 2.45) is 4.99 Å². The quantitative estimate of drug-likeness (QED) is 0.421. The molecule has 132 valence electrons. The number of rotatable bonds is 6. The number of nitrogens with one attached hydrogen (secondary N) is 1. The third-order valence-electron chi connectivity index (χ3n) is 3.67. The summed E-state index contributed by atoms with van der Waals surface area (Å²) in [5.41, 5.74) is 1.37. The minimum atomic E-state index is -0.267. The Balaban J connectivity index is 0.00000288. The second-order valence-corrected chi connectivity index (χ2v) is 5.43. The lowest BCUT2D eigenvalue weighted by atomic mass is 10.2. The monoisotopic (exact) mass is 445 g/mol. The van der Waals surface area contributed by atoms with E-state index in [1.165, 1.54) is 0 Å². The van der Waals surface area contributed by atoms with Gasteiger partial charge in [0.25, 0.3) is 0 Å². The molecule has 0 fully saturated rings. The largest absolute Gasteiger partial charge is 0.352 e. The van der Waals surface area contributed by atoms with E-state index in [4.69, 9.17) is 0 Å². The molecule has 0 aliphatic carbocycles. The van der Waals surface area contributed by atoms with Crippen molar-refractivity contribution in [2.75, 3.05) is 20.6 Å². The molecule has 1 aromatic heterocycles. The maximum Gasteiger partial charge on any atom is 0.193 e. The zero-order chi connectivity index (χ0) is 16.7. The number of aliphatic imine (C=N–C) groups is 1. The Hall–Kier alpha value is -1.64. The van der Waals surface area contributed by atoms with Crippen LogP contribution in [0, 0.1) is 5.82 Å². The number of nitrogens with zero attached hydrogens (tertiary/aromatic N) is 4. The smallest absolute Gasteiger partial charge is 0.193 e. The van der Waals surface area contributed by atoms with Crippen LogP contribution in [0.5, 0.6) is 0 Å². The van der Waals surface area contributed by atoms with Gasteiger partial charge in [-0.25, -0.2) is 9.37 Å². The van der Waals surface area contributed by atoms with Gasteiger partial charge in [-0.15, -0.1) is 24.0 Å². The van der Waals surface area contributed by atoms with Gasteiger partial charge >= 0.3 is 0 Å². The molecule has 0 aliphatic rings. The van der Waals surface area contributed by atoms with E-state index < -0.39 is 0 Å². The number of hydrogen-bond acceptors (Lipinski definition) is 2. The summed E-state index contributed by atoms with van der Waals surface area (Å²) in [5, 5.41) is 3.27. The van der Waals surface area contributed by atoms with Crippen molar-refractivity contribution in [3.05, 3.63) is 48.3 Å². The van der Waals surface area contributed by atoms with Crippen molar-refractivity contribution in [3.63, 3.8) is 0 Å². The molecular weight excluding hydrogens is 420 g/mol. The zero-order valence-corrected chi connectivity index (χ0v) is 16.7. The highest BCUT2D eigenvalue weighted by molar-refractivity contribution is 14.0. The van der Waals surface area contributed by atoms with Crippen LogP contribution < -0.4 is 5.32 Å². The Bertz CT molecular complexity index is 642. The first-order valence-electron chi connectivity index (χ1n) is 7.84. The SMILES string of the molecule is CCCCN(C)C(=NC)NCc1ccc(-n2ccnc2)c(F)c1.I. The second kappa shape index (κ2) is 10.3. The van der Waals surface area contributed by atoms with Crippen molar-refractivity contribution < 1.29 is 4.39 Å². The lowest BCUT2D eigenvalue weighted by Crippen LogP contribution is -2.38. The summed E-state index contributed by atoms with van der Waals surface area (Å²) in [4.78, 5) is 10.3. The molecule has 24 heavy (non-hydrogen) atoms. The molecule has 0 radical (unpaired) electrons. The molecule has 0 spiro atoms. The minimum Gasteiger partial charge on any atom is -0.352 e. The van der Waals surface area contributed by atoms with E-state index in [-0.39, 0.29) is 29.8 Å². The Morgan fingerprint density at radius 3 is 2.79 bits per heavy atom. The van der Waals surface area contributed by atoms with Gasteiger partial charge < -0.3 is 14.8 Å². The summed E-state index contributed by atoms with van der Waals surface area (Å²) in [6.45, 7) is 3.64. The molecule has 1 aromatic carbocycles. The van der Waals surface area contributed by atoms with Crippen LogP contribution in [0.2, 0.25) is 0 Å². The first-order valence-corrected chi connectivity index (χ1v) is 7.84. The molecule has 2 rings (SSSR count). The van der Waals surface area contributed by atoms with E-state index in [0.29, 0.717) is 12.2 Å². The van der Waals surface area contributed by atoms with Gasteiger partial charge in [-0.2, -0.15) is 0 Å². The number of hydrogen-bond donors (Lipinski definition) is 1. The van der Waals surface area contributed by atoms with E-state index >= 15 is 0 Å². The van der Waals surface area contributed by atoms with Gasteiger partial charge in [-0.3, -0.25) is 4.99 Å². The zero-order valence-electron chi connectivity index (χ0n) is 14.4. The fraction of sp³-hybridized carbons (Fsp3) is 0.412. The maximum absolute atomic E-state index is 14.2. The Labute approximate surface area is 160 Å². The molecule has 5 nitrogen and oxygen atoms in total. The number of imidazole rings is 1. The highest BCUT2D eigenvalue weighted by Crippen LogP contribution is 2.15. The summed E-state index contributed by atoms with van der Waals surface area (Å²) in [7, 11) is 3.77. The average molecular weight is 445 g/mol. The van der Waals surface area contributed by atoms with Crippen molar-refractivity contribution >= 4 is 29.9 Å². The third-order valence-corrected chi connectivity index (χ3v) is 3.67. The first-order chi connectivity index (χ1) is 11.2. The predicted octanol–water partition coefficient (Wildman–Crippen LogP) is 3.44. The highest BCUT2D eigenvalue weighted by atomic mass is 127.